The van der Waals surface area contributed by atoms with E-state index in [0.29, 0.717) is 25.4 Å². The van der Waals surface area contributed by atoms with E-state index in [1.165, 1.54) is 16.7 Å². The second-order valence-electron chi connectivity index (χ2n) is 11.9. The van der Waals surface area contributed by atoms with Gasteiger partial charge in [-0.3, -0.25) is 9.59 Å². The monoisotopic (exact) mass is 584 g/mol. The standard InChI is InChI=1S/C33H37ClN6O2/c1-21-3-5-22(6-4-21)14-26-17-31(32(41)36-18-24-9-12-30-28(15-24)37-38-39(30)2)40(20-26)33(42)29-16-25(19-35-29)13-23-7-10-27(34)11-8-23/h3-12,15,25-26,29,31,35H,13-14,16-20H2,1-2H3,(H,36,41)/t25?,26-,29-,31+/m1/s1. The third-order valence-corrected chi connectivity index (χ3v) is 8.97. The fourth-order valence-electron chi connectivity index (χ4n) is 6.43. The fraction of sp³-hybridized carbons (Fsp3) is 0.394. The van der Waals surface area contributed by atoms with Crippen molar-refractivity contribution in [2.24, 2.45) is 18.9 Å². The third kappa shape index (κ3) is 6.35. The minimum atomic E-state index is -0.495. The van der Waals surface area contributed by atoms with Crippen molar-refractivity contribution in [3.63, 3.8) is 0 Å². The summed E-state index contributed by atoms with van der Waals surface area (Å²) >= 11 is 6.05. The van der Waals surface area contributed by atoms with Crippen LogP contribution in [0, 0.1) is 18.8 Å². The van der Waals surface area contributed by atoms with E-state index in [0.717, 1.165) is 47.4 Å². The van der Waals surface area contributed by atoms with Crippen molar-refractivity contribution >= 4 is 34.4 Å². The van der Waals surface area contributed by atoms with Crippen molar-refractivity contribution < 1.29 is 9.59 Å². The van der Waals surface area contributed by atoms with Gasteiger partial charge in [-0.05, 0) is 91.9 Å². The van der Waals surface area contributed by atoms with Gasteiger partial charge >= 0.3 is 0 Å². The minimum absolute atomic E-state index is 0.0288. The number of rotatable bonds is 8. The largest absolute Gasteiger partial charge is 0.350 e. The number of hydrogen-bond acceptors (Lipinski definition) is 5. The molecule has 4 aromatic rings. The highest BCUT2D eigenvalue weighted by Gasteiger charge is 2.43. The number of nitrogens with one attached hydrogen (secondary N) is 2. The van der Waals surface area contributed by atoms with Gasteiger partial charge in [-0.2, -0.15) is 0 Å². The summed E-state index contributed by atoms with van der Waals surface area (Å²) in [7, 11) is 1.86. The van der Waals surface area contributed by atoms with Crippen molar-refractivity contribution in [3.8, 4) is 0 Å². The Hall–Kier alpha value is -3.75. The van der Waals surface area contributed by atoms with Crippen LogP contribution in [-0.4, -0.2) is 56.9 Å². The number of halogens is 1. The number of likely N-dealkylation sites (tertiary alicyclic amines) is 1. The highest BCUT2D eigenvalue weighted by molar-refractivity contribution is 6.30. The smallest absolute Gasteiger partial charge is 0.243 e. The van der Waals surface area contributed by atoms with Crippen LogP contribution in [0.4, 0.5) is 0 Å². The van der Waals surface area contributed by atoms with Crippen molar-refractivity contribution in [2.75, 3.05) is 13.1 Å². The molecule has 3 aromatic carbocycles. The third-order valence-electron chi connectivity index (χ3n) is 8.72. The zero-order valence-corrected chi connectivity index (χ0v) is 24.8. The summed E-state index contributed by atoms with van der Waals surface area (Å²) in [5.74, 6) is 0.495. The zero-order valence-electron chi connectivity index (χ0n) is 24.1. The second kappa shape index (κ2) is 12.2. The average molecular weight is 585 g/mol. The molecule has 3 heterocycles. The highest BCUT2D eigenvalue weighted by atomic mass is 35.5. The number of aryl methyl sites for hydroxylation is 2. The van der Waals surface area contributed by atoms with Gasteiger partial charge in [0.15, 0.2) is 0 Å². The lowest BCUT2D eigenvalue weighted by molar-refractivity contribution is -0.139. The Morgan fingerprint density at radius 2 is 1.64 bits per heavy atom. The van der Waals surface area contributed by atoms with Crippen molar-refractivity contribution in [3.05, 3.63) is 94.0 Å². The van der Waals surface area contributed by atoms with E-state index in [4.69, 9.17) is 11.6 Å². The molecule has 1 aromatic heterocycles. The molecule has 0 spiro atoms. The van der Waals surface area contributed by atoms with Gasteiger partial charge in [0.2, 0.25) is 11.8 Å². The Morgan fingerprint density at radius 1 is 0.952 bits per heavy atom. The van der Waals surface area contributed by atoms with Gasteiger partial charge in [0.05, 0.1) is 11.6 Å². The second-order valence-corrected chi connectivity index (χ2v) is 12.4. The molecule has 8 nitrogen and oxygen atoms in total. The van der Waals surface area contributed by atoms with Crippen LogP contribution >= 0.6 is 11.6 Å². The molecule has 2 amide bonds. The van der Waals surface area contributed by atoms with E-state index in [-0.39, 0.29) is 23.8 Å². The molecule has 2 saturated heterocycles. The molecule has 218 valence electrons. The SMILES string of the molecule is Cc1ccc(C[C@@H]2C[C@@H](C(=O)NCc3ccc4c(c3)nnn4C)N(C(=O)[C@H]3CC(Cc4ccc(Cl)cc4)CN3)C2)cc1. The van der Waals surface area contributed by atoms with Crippen molar-refractivity contribution in [1.29, 1.82) is 0 Å². The molecular formula is C33H37ClN6O2. The molecule has 4 atom stereocenters. The van der Waals surface area contributed by atoms with Crippen LogP contribution in [0.5, 0.6) is 0 Å². The Morgan fingerprint density at radius 3 is 2.40 bits per heavy atom. The summed E-state index contributed by atoms with van der Waals surface area (Å²) in [6, 6.07) is 21.6. The highest BCUT2D eigenvalue weighted by Crippen LogP contribution is 2.30. The quantitative estimate of drug-likeness (QED) is 0.323. The normalized spacial score (nSPS) is 22.1. The summed E-state index contributed by atoms with van der Waals surface area (Å²) in [4.78, 5) is 29.4. The molecule has 1 unspecified atom stereocenters. The fourth-order valence-corrected chi connectivity index (χ4v) is 6.56. The Labute approximate surface area is 251 Å². The predicted molar refractivity (Wildman–Crippen MR) is 164 cm³/mol. The molecular weight excluding hydrogens is 548 g/mol. The van der Waals surface area contributed by atoms with Crippen LogP contribution in [0.1, 0.15) is 35.1 Å². The molecule has 9 heteroatoms. The zero-order chi connectivity index (χ0) is 29.2. The van der Waals surface area contributed by atoms with Gasteiger partial charge in [0.1, 0.15) is 11.6 Å². The van der Waals surface area contributed by atoms with E-state index < -0.39 is 6.04 Å². The van der Waals surface area contributed by atoms with E-state index in [1.54, 1.807) is 4.68 Å². The lowest BCUT2D eigenvalue weighted by atomic mass is 9.96. The summed E-state index contributed by atoms with van der Waals surface area (Å²) in [6.45, 7) is 3.81. The molecule has 0 aliphatic carbocycles. The Balaban J connectivity index is 1.13. The number of benzene rings is 3. The van der Waals surface area contributed by atoms with Gasteiger partial charge in [-0.15, -0.1) is 5.10 Å². The maximum absolute atomic E-state index is 13.9. The van der Waals surface area contributed by atoms with Crippen LogP contribution in [0.15, 0.2) is 66.7 Å². The van der Waals surface area contributed by atoms with Crippen molar-refractivity contribution in [2.45, 2.75) is 51.2 Å². The average Bonchev–Trinajstić information content (AvgIpc) is 3.73. The number of aromatic nitrogens is 3. The first-order chi connectivity index (χ1) is 20.3. The summed E-state index contributed by atoms with van der Waals surface area (Å²) in [6.07, 6.45) is 3.14. The summed E-state index contributed by atoms with van der Waals surface area (Å²) < 4.78 is 1.73. The Bertz CT molecular complexity index is 1570. The first kappa shape index (κ1) is 28.4. The van der Waals surface area contributed by atoms with Gasteiger partial charge in [0.25, 0.3) is 0 Å². The van der Waals surface area contributed by atoms with Crippen LogP contribution < -0.4 is 10.6 Å². The number of amides is 2. The lowest BCUT2D eigenvalue weighted by Crippen LogP contribution is -2.51. The van der Waals surface area contributed by atoms with Gasteiger partial charge in [0, 0.05) is 25.2 Å². The van der Waals surface area contributed by atoms with E-state index in [1.807, 2.05) is 42.3 Å². The number of fused-ring (bicyclic) bond motifs is 1. The molecule has 0 radical (unpaired) electrons. The summed E-state index contributed by atoms with van der Waals surface area (Å²) in [5.41, 5.74) is 6.36. The topological polar surface area (TPSA) is 92.2 Å². The molecule has 2 aliphatic rings. The van der Waals surface area contributed by atoms with Crippen LogP contribution in [0.2, 0.25) is 5.02 Å². The predicted octanol–water partition coefficient (Wildman–Crippen LogP) is 4.23. The van der Waals surface area contributed by atoms with Gasteiger partial charge < -0.3 is 15.5 Å². The first-order valence-corrected chi connectivity index (χ1v) is 15.1. The number of hydrogen-bond donors (Lipinski definition) is 2. The van der Waals surface area contributed by atoms with Crippen molar-refractivity contribution in [1.82, 2.24) is 30.5 Å². The molecule has 2 aliphatic heterocycles. The van der Waals surface area contributed by atoms with Gasteiger partial charge in [-0.25, -0.2) is 4.68 Å². The van der Waals surface area contributed by atoms with E-state index in [9.17, 15) is 9.59 Å². The lowest BCUT2D eigenvalue weighted by Gasteiger charge is -2.27. The molecule has 6 rings (SSSR count). The van der Waals surface area contributed by atoms with Crippen LogP contribution in [-0.2, 0) is 36.0 Å². The maximum atomic E-state index is 13.9. The van der Waals surface area contributed by atoms with E-state index >= 15 is 0 Å². The molecule has 0 saturated carbocycles. The maximum Gasteiger partial charge on any atom is 0.243 e. The van der Waals surface area contributed by atoms with Gasteiger partial charge in [-0.1, -0.05) is 64.8 Å². The molecule has 0 bridgehead atoms. The van der Waals surface area contributed by atoms with E-state index in [2.05, 4.69) is 64.3 Å². The molecule has 2 fully saturated rings. The Kier molecular flexibility index (Phi) is 8.27. The molecule has 42 heavy (non-hydrogen) atoms. The number of carbonyl (C=O) groups is 2. The molecule has 2 N–H and O–H groups in total. The summed E-state index contributed by atoms with van der Waals surface area (Å²) in [5, 5.41) is 15.5. The number of carbonyl (C=O) groups excluding carboxylic acids is 2. The number of nitrogens with zero attached hydrogens (tertiary/aromatic N) is 4. The van der Waals surface area contributed by atoms with Crippen LogP contribution in [0.25, 0.3) is 11.0 Å². The minimum Gasteiger partial charge on any atom is -0.350 e. The van der Waals surface area contributed by atoms with Crippen LogP contribution in [0.3, 0.4) is 0 Å². The first-order valence-electron chi connectivity index (χ1n) is 14.7.